The van der Waals surface area contributed by atoms with Gasteiger partial charge in [0.2, 0.25) is 0 Å². The Kier molecular flexibility index (Phi) is 17.5. The second kappa shape index (κ2) is 20.2. The third-order valence-corrected chi connectivity index (χ3v) is 7.95. The molecule has 2 heterocycles. The predicted octanol–water partition coefficient (Wildman–Crippen LogP) is 7.24. The minimum absolute atomic E-state index is 0.00127. The number of rotatable bonds is 20. The smallest absolute Gasteiger partial charge is 0.252 e. The number of hydrogen-bond donors (Lipinski definition) is 1. The molecule has 0 radical (unpaired) electrons. The molecule has 5 nitrogen and oxygen atoms in total. The van der Waals surface area contributed by atoms with Crippen molar-refractivity contribution >= 4 is 34.3 Å². The molecule has 35 heavy (non-hydrogen) atoms. The van der Waals surface area contributed by atoms with Gasteiger partial charge in [-0.25, -0.2) is 4.98 Å². The third kappa shape index (κ3) is 14.4. The molecule has 1 aromatic rings. The van der Waals surface area contributed by atoms with Crippen molar-refractivity contribution in [2.24, 2.45) is 0 Å². The van der Waals surface area contributed by atoms with E-state index >= 15 is 0 Å². The van der Waals surface area contributed by atoms with Crippen molar-refractivity contribution in [2.45, 2.75) is 103 Å². The molecular weight excluding hydrogens is 547 g/mol. The van der Waals surface area contributed by atoms with Gasteiger partial charge in [-0.1, -0.05) is 112 Å². The van der Waals surface area contributed by atoms with Gasteiger partial charge >= 0.3 is 0 Å². The number of pyridine rings is 1. The van der Waals surface area contributed by atoms with Gasteiger partial charge in [-0.3, -0.25) is 4.79 Å². The molecule has 200 valence electrons. The standard InChI is InChI=1S/C29H51IN4O/c1-33-22-24-34(25-23-33)28-19-18-27(26-32-28)29(35)31-21-17-15-13-11-9-7-5-3-2-4-6-8-10-12-14-16-20-30/h18-19,26H,2-17,20-25H2,1H3,(H,31,35). The minimum Gasteiger partial charge on any atom is -0.354 e. The normalized spacial score (nSPS) is 14.4. The highest BCUT2D eigenvalue weighted by Gasteiger charge is 2.15. The lowest BCUT2D eigenvalue weighted by Crippen LogP contribution is -2.44. The molecule has 0 bridgehead atoms. The molecule has 1 saturated heterocycles. The van der Waals surface area contributed by atoms with Crippen LogP contribution in [0.4, 0.5) is 5.82 Å². The summed E-state index contributed by atoms with van der Waals surface area (Å²) in [6.07, 6.45) is 23.7. The highest BCUT2D eigenvalue weighted by molar-refractivity contribution is 14.1. The molecule has 6 heteroatoms. The quantitative estimate of drug-likeness (QED) is 0.0977. The van der Waals surface area contributed by atoms with E-state index in [1.807, 2.05) is 12.1 Å². The number of aromatic nitrogens is 1. The van der Waals surface area contributed by atoms with Gasteiger partial charge in [-0.15, -0.1) is 0 Å². The molecule has 1 amide bonds. The van der Waals surface area contributed by atoms with Crippen molar-refractivity contribution in [1.82, 2.24) is 15.2 Å². The van der Waals surface area contributed by atoms with Gasteiger partial charge in [-0.2, -0.15) is 0 Å². The van der Waals surface area contributed by atoms with Crippen LogP contribution in [0.3, 0.4) is 0 Å². The number of halogens is 1. The van der Waals surface area contributed by atoms with Crippen molar-refractivity contribution < 1.29 is 4.79 Å². The molecule has 2 rings (SSSR count). The van der Waals surface area contributed by atoms with E-state index in [1.165, 1.54) is 101 Å². The van der Waals surface area contributed by atoms with Crippen molar-refractivity contribution in [3.63, 3.8) is 0 Å². The Morgan fingerprint density at radius 3 is 1.71 bits per heavy atom. The van der Waals surface area contributed by atoms with Gasteiger partial charge in [0, 0.05) is 38.9 Å². The lowest BCUT2D eigenvalue weighted by Gasteiger charge is -2.33. The molecule has 1 aliphatic heterocycles. The van der Waals surface area contributed by atoms with Crippen LogP contribution in [0.2, 0.25) is 0 Å². The van der Waals surface area contributed by atoms with Gasteiger partial charge in [0.15, 0.2) is 0 Å². The Hall–Kier alpha value is -0.890. The number of anilines is 1. The lowest BCUT2D eigenvalue weighted by atomic mass is 10.0. The summed E-state index contributed by atoms with van der Waals surface area (Å²) in [4.78, 5) is 21.5. The average Bonchev–Trinajstić information content (AvgIpc) is 2.88. The van der Waals surface area contributed by atoms with E-state index in [9.17, 15) is 4.79 Å². The van der Waals surface area contributed by atoms with Crippen LogP contribution in [0.15, 0.2) is 18.3 Å². The van der Waals surface area contributed by atoms with Gasteiger partial charge in [0.25, 0.3) is 5.91 Å². The zero-order chi connectivity index (χ0) is 25.0. The first-order valence-corrected chi connectivity index (χ1v) is 16.0. The zero-order valence-corrected chi connectivity index (χ0v) is 24.6. The summed E-state index contributed by atoms with van der Waals surface area (Å²) in [5, 5.41) is 3.06. The Balaban J connectivity index is 1.36. The minimum atomic E-state index is -0.00127. The van der Waals surface area contributed by atoms with E-state index in [-0.39, 0.29) is 5.91 Å². The molecule has 1 aliphatic rings. The molecule has 1 N–H and O–H groups in total. The molecule has 0 spiro atoms. The van der Waals surface area contributed by atoms with E-state index in [1.54, 1.807) is 6.20 Å². The molecule has 0 saturated carbocycles. The fraction of sp³-hybridized carbons (Fsp3) is 0.793. The summed E-state index contributed by atoms with van der Waals surface area (Å²) in [5.41, 5.74) is 0.662. The van der Waals surface area contributed by atoms with Crippen LogP contribution in [0.25, 0.3) is 0 Å². The summed E-state index contributed by atoms with van der Waals surface area (Å²) in [5.74, 6) is 0.973. The summed E-state index contributed by atoms with van der Waals surface area (Å²) in [6, 6.07) is 3.89. The summed E-state index contributed by atoms with van der Waals surface area (Å²) in [6.45, 7) is 4.87. The van der Waals surface area contributed by atoms with Crippen LogP contribution in [0.1, 0.15) is 113 Å². The zero-order valence-electron chi connectivity index (χ0n) is 22.4. The van der Waals surface area contributed by atoms with Crippen LogP contribution in [0.5, 0.6) is 0 Å². The van der Waals surface area contributed by atoms with Crippen molar-refractivity contribution in [2.75, 3.05) is 49.1 Å². The largest absolute Gasteiger partial charge is 0.354 e. The summed E-state index contributed by atoms with van der Waals surface area (Å²) < 4.78 is 1.32. The first-order valence-electron chi connectivity index (χ1n) is 14.4. The van der Waals surface area contributed by atoms with Gasteiger partial charge in [0.05, 0.1) is 5.56 Å². The van der Waals surface area contributed by atoms with E-state index in [0.717, 1.165) is 45.0 Å². The van der Waals surface area contributed by atoms with E-state index in [2.05, 4.69) is 49.7 Å². The fourth-order valence-corrected chi connectivity index (χ4v) is 5.28. The number of carbonyl (C=O) groups excluding carboxylic acids is 1. The number of piperazine rings is 1. The van der Waals surface area contributed by atoms with Crippen LogP contribution in [-0.2, 0) is 0 Å². The summed E-state index contributed by atoms with van der Waals surface area (Å²) in [7, 11) is 2.15. The van der Waals surface area contributed by atoms with Crippen LogP contribution in [0, 0.1) is 0 Å². The molecular formula is C29H51IN4O. The molecule has 0 unspecified atom stereocenters. The van der Waals surface area contributed by atoms with Crippen molar-refractivity contribution in [3.8, 4) is 0 Å². The molecule has 0 aromatic carbocycles. The van der Waals surface area contributed by atoms with E-state index in [0.29, 0.717) is 5.56 Å². The molecule has 1 aromatic heterocycles. The van der Waals surface area contributed by atoms with Crippen LogP contribution >= 0.6 is 22.6 Å². The Morgan fingerprint density at radius 2 is 1.26 bits per heavy atom. The van der Waals surface area contributed by atoms with Crippen molar-refractivity contribution in [1.29, 1.82) is 0 Å². The first-order chi connectivity index (χ1) is 17.2. The highest BCUT2D eigenvalue weighted by atomic mass is 127. The maximum Gasteiger partial charge on any atom is 0.252 e. The second-order valence-corrected chi connectivity index (χ2v) is 11.4. The maximum absolute atomic E-state index is 12.4. The topological polar surface area (TPSA) is 48.5 Å². The van der Waals surface area contributed by atoms with E-state index in [4.69, 9.17) is 0 Å². The van der Waals surface area contributed by atoms with Crippen molar-refractivity contribution in [3.05, 3.63) is 23.9 Å². The van der Waals surface area contributed by atoms with Crippen LogP contribution in [-0.4, -0.2) is 60.0 Å². The summed E-state index contributed by atoms with van der Waals surface area (Å²) >= 11 is 2.48. The number of nitrogens with one attached hydrogen (secondary N) is 1. The number of carbonyl (C=O) groups is 1. The highest BCUT2D eigenvalue weighted by Crippen LogP contribution is 2.15. The fourth-order valence-electron chi connectivity index (χ4n) is 4.74. The molecule has 1 fully saturated rings. The van der Waals surface area contributed by atoms with Gasteiger partial charge < -0.3 is 15.1 Å². The maximum atomic E-state index is 12.4. The Bertz CT molecular complexity index is 647. The lowest BCUT2D eigenvalue weighted by molar-refractivity contribution is 0.0952. The van der Waals surface area contributed by atoms with Gasteiger partial charge in [-0.05, 0) is 36.4 Å². The number of unbranched alkanes of at least 4 members (excludes halogenated alkanes) is 15. The Labute approximate surface area is 229 Å². The Morgan fingerprint density at radius 1 is 0.771 bits per heavy atom. The van der Waals surface area contributed by atoms with Crippen LogP contribution < -0.4 is 10.2 Å². The molecule has 0 aliphatic carbocycles. The van der Waals surface area contributed by atoms with Gasteiger partial charge in [0.1, 0.15) is 5.82 Å². The predicted molar refractivity (Wildman–Crippen MR) is 159 cm³/mol. The molecule has 0 atom stereocenters. The third-order valence-electron chi connectivity index (χ3n) is 7.18. The number of amides is 1. The first kappa shape index (κ1) is 30.3. The van der Waals surface area contributed by atoms with E-state index < -0.39 is 0 Å². The number of nitrogens with zero attached hydrogens (tertiary/aromatic N) is 3. The number of alkyl halides is 1. The SMILES string of the molecule is CN1CCN(c2ccc(C(=O)NCCCCCCCCCCCCCCCCCCI)cn2)CC1. The average molecular weight is 599 g/mol. The monoisotopic (exact) mass is 598 g/mol. The number of likely N-dealkylation sites (N-methyl/N-ethyl adjacent to an activating group) is 1. The second-order valence-electron chi connectivity index (χ2n) is 10.3. The number of hydrogen-bond acceptors (Lipinski definition) is 4.